The Balaban J connectivity index is 3.10. The van der Waals surface area contributed by atoms with Crippen molar-refractivity contribution in [1.29, 1.82) is 0 Å². The molecule has 0 spiro atoms. The lowest BCUT2D eigenvalue weighted by molar-refractivity contribution is 0.0238. The molecule has 0 fully saturated rings. The number of hydrogen-bond donors (Lipinski definition) is 0. The standard InChI is InChI=1S/C12H14Cl2O4S/c1-7(2)8(3)18-12(15)10-6-9(19(14,16)17)4-5-11(10)13/h4-8H,1-3H3. The van der Waals surface area contributed by atoms with Crippen molar-refractivity contribution in [2.24, 2.45) is 5.92 Å². The first kappa shape index (κ1) is 16.3. The van der Waals surface area contributed by atoms with Gasteiger partial charge < -0.3 is 4.74 Å². The van der Waals surface area contributed by atoms with Gasteiger partial charge in [0, 0.05) is 10.7 Å². The van der Waals surface area contributed by atoms with Gasteiger partial charge in [0.05, 0.1) is 15.5 Å². The highest BCUT2D eigenvalue weighted by Crippen LogP contribution is 2.24. The van der Waals surface area contributed by atoms with E-state index in [2.05, 4.69) is 0 Å². The van der Waals surface area contributed by atoms with E-state index in [4.69, 9.17) is 27.0 Å². The number of hydrogen-bond acceptors (Lipinski definition) is 4. The molecule has 0 bridgehead atoms. The van der Waals surface area contributed by atoms with Crippen LogP contribution in [-0.2, 0) is 13.8 Å². The van der Waals surface area contributed by atoms with Gasteiger partial charge in [-0.3, -0.25) is 0 Å². The molecule has 7 heteroatoms. The zero-order valence-corrected chi connectivity index (χ0v) is 13.0. The highest BCUT2D eigenvalue weighted by Gasteiger charge is 2.20. The summed E-state index contributed by atoms with van der Waals surface area (Å²) in [7, 11) is 1.31. The van der Waals surface area contributed by atoms with Crippen LogP contribution in [0.2, 0.25) is 5.02 Å². The molecule has 106 valence electrons. The number of benzene rings is 1. The predicted molar refractivity (Wildman–Crippen MR) is 74.2 cm³/mol. The van der Waals surface area contributed by atoms with Crippen molar-refractivity contribution in [3.8, 4) is 0 Å². The Morgan fingerprint density at radius 3 is 2.32 bits per heavy atom. The molecule has 0 saturated carbocycles. The van der Waals surface area contributed by atoms with Crippen LogP contribution in [0, 0.1) is 5.92 Å². The molecular weight excluding hydrogens is 311 g/mol. The average Bonchev–Trinajstić information content (AvgIpc) is 2.27. The van der Waals surface area contributed by atoms with E-state index in [0.29, 0.717) is 0 Å². The van der Waals surface area contributed by atoms with E-state index in [1.807, 2.05) is 13.8 Å². The minimum Gasteiger partial charge on any atom is -0.459 e. The fourth-order valence-electron chi connectivity index (χ4n) is 1.18. The molecule has 1 unspecified atom stereocenters. The first-order chi connectivity index (χ1) is 8.62. The fraction of sp³-hybridized carbons (Fsp3) is 0.417. The molecule has 0 aromatic heterocycles. The number of ether oxygens (including phenoxy) is 1. The van der Waals surface area contributed by atoms with Crippen molar-refractivity contribution < 1.29 is 17.9 Å². The van der Waals surface area contributed by atoms with Gasteiger partial charge in [0.15, 0.2) is 0 Å². The van der Waals surface area contributed by atoms with E-state index in [9.17, 15) is 13.2 Å². The normalized spacial score (nSPS) is 13.4. The molecule has 0 radical (unpaired) electrons. The van der Waals surface area contributed by atoms with Crippen LogP contribution < -0.4 is 0 Å². The third-order valence-corrected chi connectivity index (χ3v) is 4.35. The Hall–Kier alpha value is -0.780. The van der Waals surface area contributed by atoms with Gasteiger partial charge in [0.1, 0.15) is 6.10 Å². The number of rotatable bonds is 4. The van der Waals surface area contributed by atoms with E-state index in [-0.39, 0.29) is 27.5 Å². The van der Waals surface area contributed by atoms with E-state index < -0.39 is 15.0 Å². The monoisotopic (exact) mass is 324 g/mol. The third kappa shape index (κ3) is 4.37. The summed E-state index contributed by atoms with van der Waals surface area (Å²) in [4.78, 5) is 11.7. The second-order valence-corrected chi connectivity index (χ2v) is 7.41. The van der Waals surface area contributed by atoms with E-state index in [1.54, 1.807) is 6.92 Å². The van der Waals surface area contributed by atoms with Gasteiger partial charge in [-0.05, 0) is 31.0 Å². The quantitative estimate of drug-likeness (QED) is 0.628. The molecule has 0 aliphatic rings. The summed E-state index contributed by atoms with van der Waals surface area (Å²) in [6, 6.07) is 3.64. The lowest BCUT2D eigenvalue weighted by Crippen LogP contribution is -2.20. The summed E-state index contributed by atoms with van der Waals surface area (Å²) in [6.45, 7) is 5.55. The molecule has 4 nitrogen and oxygen atoms in total. The largest absolute Gasteiger partial charge is 0.459 e. The Labute approximate surface area is 122 Å². The number of halogens is 2. The second-order valence-electron chi connectivity index (χ2n) is 4.43. The van der Waals surface area contributed by atoms with Gasteiger partial charge in [0.2, 0.25) is 0 Å². The van der Waals surface area contributed by atoms with Crippen LogP contribution in [0.15, 0.2) is 23.1 Å². The molecule has 1 aromatic rings. The number of carbonyl (C=O) groups is 1. The molecular formula is C12H14Cl2O4S. The topological polar surface area (TPSA) is 60.4 Å². The summed E-state index contributed by atoms with van der Waals surface area (Å²) >= 11 is 5.87. The summed E-state index contributed by atoms with van der Waals surface area (Å²) in [6.07, 6.45) is -0.306. The molecule has 1 aromatic carbocycles. The first-order valence-corrected chi connectivity index (χ1v) is 8.27. The molecule has 0 aliphatic heterocycles. The molecule has 1 atom stereocenters. The van der Waals surface area contributed by atoms with Gasteiger partial charge in [-0.1, -0.05) is 25.4 Å². The van der Waals surface area contributed by atoms with Crippen molar-refractivity contribution in [2.75, 3.05) is 0 Å². The van der Waals surface area contributed by atoms with Gasteiger partial charge in [-0.2, -0.15) is 0 Å². The predicted octanol–water partition coefficient (Wildman–Crippen LogP) is 3.47. The van der Waals surface area contributed by atoms with Crippen LogP contribution in [0.25, 0.3) is 0 Å². The first-order valence-electron chi connectivity index (χ1n) is 5.58. The highest BCUT2D eigenvalue weighted by atomic mass is 35.7. The lowest BCUT2D eigenvalue weighted by atomic mass is 10.1. The second kappa shape index (κ2) is 6.11. The molecule has 0 heterocycles. The summed E-state index contributed by atoms with van der Waals surface area (Å²) < 4.78 is 27.6. The minimum absolute atomic E-state index is 0.0177. The van der Waals surface area contributed by atoms with E-state index in [0.717, 1.165) is 6.07 Å². The zero-order valence-electron chi connectivity index (χ0n) is 10.7. The number of esters is 1. The van der Waals surface area contributed by atoms with Gasteiger partial charge in [-0.25, -0.2) is 13.2 Å². The lowest BCUT2D eigenvalue weighted by Gasteiger charge is -2.17. The molecule has 0 aliphatic carbocycles. The third-order valence-electron chi connectivity index (χ3n) is 2.67. The molecule has 0 saturated heterocycles. The minimum atomic E-state index is -3.91. The van der Waals surface area contributed by atoms with Crippen LogP contribution in [0.3, 0.4) is 0 Å². The smallest absolute Gasteiger partial charge is 0.339 e. The SMILES string of the molecule is CC(C)C(C)OC(=O)c1cc(S(=O)(=O)Cl)ccc1Cl. The molecule has 0 N–H and O–H groups in total. The van der Waals surface area contributed by atoms with Crippen molar-refractivity contribution in [2.45, 2.75) is 31.8 Å². The van der Waals surface area contributed by atoms with Crippen molar-refractivity contribution in [1.82, 2.24) is 0 Å². The molecule has 19 heavy (non-hydrogen) atoms. The fourth-order valence-corrected chi connectivity index (χ4v) is 2.15. The van der Waals surface area contributed by atoms with Crippen molar-refractivity contribution >= 4 is 37.3 Å². The summed E-state index contributed by atoms with van der Waals surface area (Å²) in [5.74, 6) is -0.531. The van der Waals surface area contributed by atoms with Crippen molar-refractivity contribution in [3.63, 3.8) is 0 Å². The maximum absolute atomic E-state index is 11.9. The Kier molecular flexibility index (Phi) is 5.24. The van der Waals surface area contributed by atoms with Gasteiger partial charge in [0.25, 0.3) is 9.05 Å². The zero-order chi connectivity index (χ0) is 14.8. The van der Waals surface area contributed by atoms with Gasteiger partial charge in [-0.15, -0.1) is 0 Å². The number of carbonyl (C=O) groups excluding carboxylic acids is 1. The van der Waals surface area contributed by atoms with Crippen LogP contribution in [-0.4, -0.2) is 20.5 Å². The Bertz CT molecular complexity index is 581. The Morgan fingerprint density at radius 1 is 1.26 bits per heavy atom. The van der Waals surface area contributed by atoms with Gasteiger partial charge >= 0.3 is 5.97 Å². The molecule has 0 amide bonds. The van der Waals surface area contributed by atoms with E-state index in [1.165, 1.54) is 12.1 Å². The summed E-state index contributed by atoms with van der Waals surface area (Å²) in [5, 5.41) is 0.116. The van der Waals surface area contributed by atoms with Crippen LogP contribution >= 0.6 is 22.3 Å². The highest BCUT2D eigenvalue weighted by molar-refractivity contribution is 8.13. The van der Waals surface area contributed by atoms with E-state index >= 15 is 0 Å². The van der Waals surface area contributed by atoms with Crippen molar-refractivity contribution in [3.05, 3.63) is 28.8 Å². The van der Waals surface area contributed by atoms with Crippen LogP contribution in [0.5, 0.6) is 0 Å². The molecule has 1 rings (SSSR count). The maximum Gasteiger partial charge on any atom is 0.339 e. The maximum atomic E-state index is 11.9. The summed E-state index contributed by atoms with van der Waals surface area (Å²) in [5.41, 5.74) is -0.0177. The van der Waals surface area contributed by atoms with Crippen LogP contribution in [0.4, 0.5) is 0 Å². The Morgan fingerprint density at radius 2 is 1.84 bits per heavy atom. The average molecular weight is 325 g/mol. The van der Waals surface area contributed by atoms with Crippen LogP contribution in [0.1, 0.15) is 31.1 Å².